The monoisotopic (exact) mass is 310 g/mol. The number of benzene rings is 1. The smallest absolute Gasteiger partial charge is 0.382 e. The van der Waals surface area contributed by atoms with Crippen molar-refractivity contribution in [3.05, 3.63) is 34.9 Å². The molecular weight excluding hydrogens is 297 g/mol. The minimum absolute atomic E-state index is 0. The second-order valence-corrected chi connectivity index (χ2v) is 4.35. The summed E-state index contributed by atoms with van der Waals surface area (Å²) in [6.07, 6.45) is -7.28. The van der Waals surface area contributed by atoms with E-state index in [1.807, 2.05) is 0 Å². The number of hydrogen-bond acceptors (Lipinski definition) is 3. The molecule has 1 aliphatic heterocycles. The Morgan fingerprint density at radius 1 is 1.35 bits per heavy atom. The van der Waals surface area contributed by atoms with E-state index in [0.29, 0.717) is 6.54 Å². The van der Waals surface area contributed by atoms with E-state index in [0.717, 1.165) is 17.7 Å². The van der Waals surface area contributed by atoms with Crippen molar-refractivity contribution in [1.29, 1.82) is 0 Å². The van der Waals surface area contributed by atoms with Crippen LogP contribution in [0.3, 0.4) is 0 Å². The van der Waals surface area contributed by atoms with E-state index in [-0.39, 0.29) is 18.0 Å². The molecule has 1 aromatic carbocycles. The van der Waals surface area contributed by atoms with Crippen LogP contribution in [0.2, 0.25) is 0 Å². The lowest BCUT2D eigenvalue weighted by atomic mass is 10.1. The van der Waals surface area contributed by atoms with Gasteiger partial charge in [0.25, 0.3) is 5.91 Å². The maximum atomic E-state index is 12.1. The van der Waals surface area contributed by atoms with Crippen LogP contribution in [0.25, 0.3) is 0 Å². The highest BCUT2D eigenvalue weighted by Crippen LogP contribution is 2.20. The van der Waals surface area contributed by atoms with E-state index in [1.54, 1.807) is 18.2 Å². The van der Waals surface area contributed by atoms with Gasteiger partial charge >= 0.3 is 6.18 Å². The van der Waals surface area contributed by atoms with E-state index in [1.165, 1.54) is 0 Å². The molecule has 1 amide bonds. The highest BCUT2D eigenvalue weighted by atomic mass is 35.5. The highest BCUT2D eigenvalue weighted by molar-refractivity contribution is 5.94. The predicted octanol–water partition coefficient (Wildman–Crippen LogP) is 1.36. The summed E-state index contributed by atoms with van der Waals surface area (Å²) < 4.78 is 36.2. The summed E-state index contributed by atoms with van der Waals surface area (Å²) in [5.74, 6) is -0.627. The summed E-state index contributed by atoms with van der Waals surface area (Å²) in [6.45, 7) is 0.517. The van der Waals surface area contributed by atoms with Crippen LogP contribution in [0.1, 0.15) is 21.5 Å². The van der Waals surface area contributed by atoms with Crippen molar-refractivity contribution < 1.29 is 23.1 Å². The molecule has 4 nitrogen and oxygen atoms in total. The molecule has 0 fully saturated rings. The van der Waals surface area contributed by atoms with E-state index < -0.39 is 24.7 Å². The van der Waals surface area contributed by atoms with Crippen LogP contribution >= 0.6 is 12.4 Å². The molecule has 0 aromatic heterocycles. The van der Waals surface area contributed by atoms with E-state index in [4.69, 9.17) is 5.11 Å². The molecule has 1 unspecified atom stereocenters. The predicted molar refractivity (Wildman–Crippen MR) is 68.6 cm³/mol. The zero-order valence-electron chi connectivity index (χ0n) is 10.3. The van der Waals surface area contributed by atoms with Gasteiger partial charge in [-0.1, -0.05) is 6.07 Å². The van der Waals surface area contributed by atoms with Crippen molar-refractivity contribution in [2.45, 2.75) is 25.4 Å². The molecule has 8 heteroatoms. The van der Waals surface area contributed by atoms with Gasteiger partial charge in [0.2, 0.25) is 0 Å². The van der Waals surface area contributed by atoms with Gasteiger partial charge in [-0.25, -0.2) is 0 Å². The lowest BCUT2D eigenvalue weighted by molar-refractivity contribution is -0.201. The Balaban J connectivity index is 0.00000200. The second-order valence-electron chi connectivity index (χ2n) is 4.35. The number of aliphatic hydroxyl groups excluding tert-OH is 1. The van der Waals surface area contributed by atoms with Crippen LogP contribution < -0.4 is 10.6 Å². The number of nitrogens with one attached hydrogen (secondary N) is 2. The van der Waals surface area contributed by atoms with Gasteiger partial charge in [-0.3, -0.25) is 4.79 Å². The topological polar surface area (TPSA) is 61.4 Å². The van der Waals surface area contributed by atoms with Gasteiger partial charge in [-0.05, 0) is 23.3 Å². The fourth-order valence-corrected chi connectivity index (χ4v) is 1.84. The van der Waals surface area contributed by atoms with E-state index in [9.17, 15) is 18.0 Å². The lowest BCUT2D eigenvalue weighted by Crippen LogP contribution is -2.40. The molecule has 0 aliphatic carbocycles. The van der Waals surface area contributed by atoms with Crippen LogP contribution in [0.5, 0.6) is 0 Å². The minimum atomic E-state index is -4.73. The van der Waals surface area contributed by atoms with Crippen LogP contribution in [-0.4, -0.2) is 29.8 Å². The molecule has 0 saturated heterocycles. The molecular formula is C12H14ClF3N2O2. The molecule has 0 saturated carbocycles. The Morgan fingerprint density at radius 2 is 2.00 bits per heavy atom. The molecule has 0 bridgehead atoms. The van der Waals surface area contributed by atoms with Crippen molar-refractivity contribution in [3.63, 3.8) is 0 Å². The van der Waals surface area contributed by atoms with E-state index in [2.05, 4.69) is 10.6 Å². The highest BCUT2D eigenvalue weighted by Gasteiger charge is 2.38. The van der Waals surface area contributed by atoms with Crippen LogP contribution in [-0.2, 0) is 13.1 Å². The van der Waals surface area contributed by atoms with Crippen LogP contribution in [0.15, 0.2) is 18.2 Å². The first-order chi connectivity index (χ1) is 8.88. The molecule has 112 valence electrons. The Bertz CT molecular complexity index is 494. The molecule has 2 rings (SSSR count). The zero-order valence-corrected chi connectivity index (χ0v) is 11.1. The SMILES string of the molecule is Cl.O=C(NCC(O)C(F)(F)F)c1ccc2c(c1)CNC2. The molecule has 1 atom stereocenters. The third-order valence-electron chi connectivity index (χ3n) is 2.93. The van der Waals surface area contributed by atoms with Gasteiger partial charge in [0.1, 0.15) is 0 Å². The first-order valence-corrected chi connectivity index (χ1v) is 5.73. The lowest BCUT2D eigenvalue weighted by Gasteiger charge is -2.15. The number of hydrogen-bond donors (Lipinski definition) is 3. The van der Waals surface area contributed by atoms with Crippen molar-refractivity contribution in [2.24, 2.45) is 0 Å². The second kappa shape index (κ2) is 6.43. The number of carbonyl (C=O) groups is 1. The number of halogens is 4. The van der Waals surface area contributed by atoms with Crippen molar-refractivity contribution in [3.8, 4) is 0 Å². The fourth-order valence-electron chi connectivity index (χ4n) is 1.84. The molecule has 1 aromatic rings. The average molecular weight is 311 g/mol. The standard InChI is InChI=1S/C12H13F3N2O2.ClH/c13-12(14,15)10(18)6-17-11(19)7-1-2-8-4-16-5-9(8)3-7;/h1-3,10,16,18H,4-6H2,(H,17,19);1H. The Labute approximate surface area is 119 Å². The van der Waals surface area contributed by atoms with Crippen molar-refractivity contribution >= 4 is 18.3 Å². The van der Waals surface area contributed by atoms with Gasteiger partial charge in [-0.15, -0.1) is 12.4 Å². The zero-order chi connectivity index (χ0) is 14.0. The van der Waals surface area contributed by atoms with Gasteiger partial charge in [0.05, 0.1) is 6.54 Å². The normalized spacial score (nSPS) is 15.2. The first-order valence-electron chi connectivity index (χ1n) is 5.73. The summed E-state index contributed by atoms with van der Waals surface area (Å²) in [5.41, 5.74) is 2.33. The summed E-state index contributed by atoms with van der Waals surface area (Å²) in [4.78, 5) is 11.7. The van der Waals surface area contributed by atoms with Crippen LogP contribution in [0, 0.1) is 0 Å². The molecule has 0 spiro atoms. The van der Waals surface area contributed by atoms with E-state index >= 15 is 0 Å². The molecule has 0 radical (unpaired) electrons. The molecule has 1 heterocycles. The number of rotatable bonds is 3. The fraction of sp³-hybridized carbons (Fsp3) is 0.417. The molecule has 20 heavy (non-hydrogen) atoms. The number of carbonyl (C=O) groups excluding carboxylic acids is 1. The third kappa shape index (κ3) is 3.84. The number of fused-ring (bicyclic) bond motifs is 1. The number of aliphatic hydroxyl groups is 1. The van der Waals surface area contributed by atoms with Crippen LogP contribution in [0.4, 0.5) is 13.2 Å². The Hall–Kier alpha value is -1.31. The summed E-state index contributed by atoms with van der Waals surface area (Å²) in [7, 11) is 0. The number of alkyl halides is 3. The van der Waals surface area contributed by atoms with Gasteiger partial charge in [0.15, 0.2) is 6.10 Å². The Morgan fingerprint density at radius 3 is 2.65 bits per heavy atom. The quantitative estimate of drug-likeness (QED) is 0.790. The van der Waals surface area contributed by atoms with Gasteiger partial charge in [0, 0.05) is 18.7 Å². The maximum absolute atomic E-state index is 12.1. The minimum Gasteiger partial charge on any atom is -0.382 e. The third-order valence-corrected chi connectivity index (χ3v) is 2.93. The maximum Gasteiger partial charge on any atom is 0.416 e. The Kier molecular flexibility index (Phi) is 5.38. The number of amides is 1. The largest absolute Gasteiger partial charge is 0.416 e. The summed E-state index contributed by atoms with van der Waals surface area (Å²) in [6, 6.07) is 4.97. The van der Waals surface area contributed by atoms with Gasteiger partial charge < -0.3 is 15.7 Å². The molecule has 1 aliphatic rings. The van der Waals surface area contributed by atoms with Crippen molar-refractivity contribution in [2.75, 3.05) is 6.54 Å². The first kappa shape index (κ1) is 16.7. The summed E-state index contributed by atoms with van der Waals surface area (Å²) >= 11 is 0. The average Bonchev–Trinajstić information content (AvgIpc) is 2.81. The summed E-state index contributed by atoms with van der Waals surface area (Å²) in [5, 5.41) is 14.0. The molecule has 3 N–H and O–H groups in total. The van der Waals surface area contributed by atoms with Crippen molar-refractivity contribution in [1.82, 2.24) is 10.6 Å². The van der Waals surface area contributed by atoms with Gasteiger partial charge in [-0.2, -0.15) is 13.2 Å².